The second-order valence-corrected chi connectivity index (χ2v) is 15.6. The van der Waals surface area contributed by atoms with Crippen LogP contribution >= 0.6 is 0 Å². The minimum Gasteiger partial charge on any atom is -0.462 e. The molecule has 0 fully saturated rings. The quantitative estimate of drug-likeness (QED) is 0.0264. The van der Waals surface area contributed by atoms with E-state index < -0.39 is 6.10 Å². The second kappa shape index (κ2) is 48.7. The van der Waals surface area contributed by atoms with E-state index in [9.17, 15) is 14.4 Å². The zero-order valence-corrected chi connectivity index (χ0v) is 39.1. The lowest BCUT2D eigenvalue weighted by atomic mass is 10.1. The predicted molar refractivity (Wildman–Crippen MR) is 260 cm³/mol. The second-order valence-electron chi connectivity index (χ2n) is 15.6. The molecule has 0 saturated heterocycles. The summed E-state index contributed by atoms with van der Waals surface area (Å²) in [5.74, 6) is -1.04. The molecular formula is C55H88O6. The molecule has 6 heteroatoms. The van der Waals surface area contributed by atoms with Gasteiger partial charge < -0.3 is 14.2 Å². The van der Waals surface area contributed by atoms with Gasteiger partial charge >= 0.3 is 17.9 Å². The van der Waals surface area contributed by atoms with Gasteiger partial charge in [0.25, 0.3) is 0 Å². The molecule has 0 aliphatic rings. The van der Waals surface area contributed by atoms with E-state index in [4.69, 9.17) is 14.2 Å². The fourth-order valence-electron chi connectivity index (χ4n) is 6.05. The molecule has 0 radical (unpaired) electrons. The van der Waals surface area contributed by atoms with E-state index in [-0.39, 0.29) is 44.0 Å². The van der Waals surface area contributed by atoms with E-state index in [1.54, 1.807) is 0 Å². The van der Waals surface area contributed by atoms with Gasteiger partial charge in [-0.05, 0) is 116 Å². The molecule has 1 atom stereocenters. The molecule has 0 aromatic carbocycles. The zero-order chi connectivity index (χ0) is 44.4. The van der Waals surface area contributed by atoms with Gasteiger partial charge in [0.05, 0.1) is 0 Å². The Bertz CT molecular complexity index is 1290. The first kappa shape index (κ1) is 57.1. The average molecular weight is 845 g/mol. The van der Waals surface area contributed by atoms with Gasteiger partial charge in [-0.25, -0.2) is 0 Å². The van der Waals surface area contributed by atoms with E-state index in [0.29, 0.717) is 19.3 Å². The molecule has 6 nitrogen and oxygen atoms in total. The summed E-state index contributed by atoms with van der Waals surface area (Å²) in [6.07, 6.45) is 65.0. The molecule has 61 heavy (non-hydrogen) atoms. The van der Waals surface area contributed by atoms with E-state index in [1.807, 2.05) is 0 Å². The van der Waals surface area contributed by atoms with Crippen LogP contribution in [0.5, 0.6) is 0 Å². The Morgan fingerprint density at radius 1 is 0.344 bits per heavy atom. The largest absolute Gasteiger partial charge is 0.462 e. The topological polar surface area (TPSA) is 78.9 Å². The van der Waals surface area contributed by atoms with Crippen molar-refractivity contribution >= 4 is 17.9 Å². The van der Waals surface area contributed by atoms with Crippen LogP contribution < -0.4 is 0 Å². The highest BCUT2D eigenvalue weighted by atomic mass is 16.6. The smallest absolute Gasteiger partial charge is 0.306 e. The van der Waals surface area contributed by atoms with Gasteiger partial charge in [-0.15, -0.1) is 0 Å². The summed E-state index contributed by atoms with van der Waals surface area (Å²) in [4.78, 5) is 37.8. The first-order valence-corrected chi connectivity index (χ1v) is 24.4. The van der Waals surface area contributed by atoms with Crippen molar-refractivity contribution in [3.8, 4) is 0 Å². The van der Waals surface area contributed by atoms with Crippen molar-refractivity contribution in [3.05, 3.63) is 109 Å². The highest BCUT2D eigenvalue weighted by molar-refractivity contribution is 5.71. The normalized spacial score (nSPS) is 13.0. The van der Waals surface area contributed by atoms with Gasteiger partial charge in [0.1, 0.15) is 13.2 Å². The van der Waals surface area contributed by atoms with Crippen molar-refractivity contribution in [2.75, 3.05) is 13.2 Å². The van der Waals surface area contributed by atoms with Crippen LogP contribution in [0.1, 0.15) is 201 Å². The van der Waals surface area contributed by atoms with Gasteiger partial charge in [0.15, 0.2) is 6.10 Å². The van der Waals surface area contributed by atoms with Gasteiger partial charge in [0, 0.05) is 19.3 Å². The summed E-state index contributed by atoms with van der Waals surface area (Å²) in [5, 5.41) is 0. The van der Waals surface area contributed by atoms with Crippen LogP contribution in [0.2, 0.25) is 0 Å². The SMILES string of the molecule is CC/C=C\C/C=C\C/C=C\C/C=C\C/C=C\CCCC(=O)OC[C@@H](COC(=O)CCCCCCC/C=C\CCCC)OC(=O)CCCC/C=C\C/C=C\C/C=C\CCCCC. The van der Waals surface area contributed by atoms with Gasteiger partial charge in [0.2, 0.25) is 0 Å². The monoisotopic (exact) mass is 845 g/mol. The van der Waals surface area contributed by atoms with Crippen molar-refractivity contribution in [1.82, 2.24) is 0 Å². The van der Waals surface area contributed by atoms with Gasteiger partial charge in [-0.3, -0.25) is 14.4 Å². The van der Waals surface area contributed by atoms with Crippen molar-refractivity contribution in [1.29, 1.82) is 0 Å². The van der Waals surface area contributed by atoms with Crippen molar-refractivity contribution in [2.45, 2.75) is 207 Å². The van der Waals surface area contributed by atoms with Crippen molar-refractivity contribution < 1.29 is 28.6 Å². The molecule has 0 unspecified atom stereocenters. The number of rotatable bonds is 42. The Labute approximate surface area is 374 Å². The number of carbonyl (C=O) groups is 3. The Morgan fingerprint density at radius 3 is 1.16 bits per heavy atom. The number of carbonyl (C=O) groups excluding carboxylic acids is 3. The lowest BCUT2D eigenvalue weighted by Crippen LogP contribution is -2.30. The molecule has 0 saturated carbocycles. The van der Waals surface area contributed by atoms with Crippen LogP contribution in [-0.2, 0) is 28.6 Å². The standard InChI is InChI=1S/C55H88O6/c1-4-7-10-13-16-19-22-24-26-27-29-30-33-36-39-42-45-48-54(57)60-51-52(50-59-53(56)47-44-41-38-35-32-21-18-15-12-9-6-3)61-55(58)49-46-43-40-37-34-31-28-25-23-20-17-14-11-8-5-2/h7,10,15-20,24-26,28-30,34,36-37,39,52H,4-6,8-9,11-14,21-23,27,31-33,35,38,40-51H2,1-3H3/b10-7-,18-15-,19-16-,20-17-,26-24-,28-25-,30-29-,37-34-,39-36-/t52-/m1/s1. The van der Waals surface area contributed by atoms with Gasteiger partial charge in [-0.1, -0.05) is 175 Å². The molecule has 0 aromatic heterocycles. The number of esters is 3. The Morgan fingerprint density at radius 2 is 0.672 bits per heavy atom. The molecule has 344 valence electrons. The molecule has 0 N–H and O–H groups in total. The lowest BCUT2D eigenvalue weighted by molar-refractivity contribution is -0.167. The number of ether oxygens (including phenoxy) is 3. The number of hydrogen-bond donors (Lipinski definition) is 0. The third-order valence-corrected chi connectivity index (χ3v) is 9.73. The van der Waals surface area contributed by atoms with Crippen LogP contribution in [0.4, 0.5) is 0 Å². The summed E-state index contributed by atoms with van der Waals surface area (Å²) in [7, 11) is 0. The minimum atomic E-state index is -0.824. The fourth-order valence-corrected chi connectivity index (χ4v) is 6.05. The average Bonchev–Trinajstić information content (AvgIpc) is 3.26. The van der Waals surface area contributed by atoms with E-state index in [2.05, 4.69) is 130 Å². The minimum absolute atomic E-state index is 0.118. The molecule has 0 bridgehead atoms. The predicted octanol–water partition coefficient (Wildman–Crippen LogP) is 16.0. The molecule has 0 aliphatic carbocycles. The summed E-state index contributed by atoms with van der Waals surface area (Å²) in [5.41, 5.74) is 0. The summed E-state index contributed by atoms with van der Waals surface area (Å²) >= 11 is 0. The zero-order valence-electron chi connectivity index (χ0n) is 39.1. The highest BCUT2D eigenvalue weighted by Gasteiger charge is 2.19. The first-order chi connectivity index (χ1) is 30.0. The first-order valence-electron chi connectivity index (χ1n) is 24.4. The number of unbranched alkanes of at least 4 members (excludes halogenated alkanes) is 13. The molecule has 0 amide bonds. The molecular weight excluding hydrogens is 757 g/mol. The lowest BCUT2D eigenvalue weighted by Gasteiger charge is -2.18. The molecule has 0 heterocycles. The fraction of sp³-hybridized carbons (Fsp3) is 0.618. The summed E-state index contributed by atoms with van der Waals surface area (Å²) < 4.78 is 16.7. The third kappa shape index (κ3) is 47.0. The molecule has 0 rings (SSSR count). The van der Waals surface area contributed by atoms with Gasteiger partial charge in [-0.2, -0.15) is 0 Å². The Hall–Kier alpha value is -3.93. The van der Waals surface area contributed by atoms with Crippen LogP contribution in [0.3, 0.4) is 0 Å². The maximum Gasteiger partial charge on any atom is 0.306 e. The number of allylic oxidation sites excluding steroid dienone is 18. The molecule has 0 aliphatic heterocycles. The van der Waals surface area contributed by atoms with E-state index in [1.165, 1.54) is 51.4 Å². The maximum absolute atomic E-state index is 12.7. The molecule has 0 aromatic rings. The summed E-state index contributed by atoms with van der Waals surface area (Å²) in [6.45, 7) is 6.34. The number of hydrogen-bond acceptors (Lipinski definition) is 6. The summed E-state index contributed by atoms with van der Waals surface area (Å²) in [6, 6.07) is 0. The highest BCUT2D eigenvalue weighted by Crippen LogP contribution is 2.11. The van der Waals surface area contributed by atoms with Crippen LogP contribution in [0.15, 0.2) is 109 Å². The van der Waals surface area contributed by atoms with Crippen LogP contribution in [-0.4, -0.2) is 37.2 Å². The Balaban J connectivity index is 4.57. The van der Waals surface area contributed by atoms with Crippen LogP contribution in [0, 0.1) is 0 Å². The third-order valence-electron chi connectivity index (χ3n) is 9.73. The van der Waals surface area contributed by atoms with E-state index in [0.717, 1.165) is 96.3 Å². The Kier molecular flexibility index (Phi) is 45.6. The maximum atomic E-state index is 12.7. The van der Waals surface area contributed by atoms with E-state index >= 15 is 0 Å². The van der Waals surface area contributed by atoms with Crippen LogP contribution in [0.25, 0.3) is 0 Å². The van der Waals surface area contributed by atoms with Crippen molar-refractivity contribution in [3.63, 3.8) is 0 Å². The van der Waals surface area contributed by atoms with Crippen molar-refractivity contribution in [2.24, 2.45) is 0 Å². The molecule has 0 spiro atoms.